The van der Waals surface area contributed by atoms with E-state index in [2.05, 4.69) is 5.32 Å². The highest BCUT2D eigenvalue weighted by Gasteiger charge is 2.18. The number of hydrogen-bond donors (Lipinski definition) is 2. The molecule has 0 saturated carbocycles. The molecular formula is C29H30Cl2F2N2O5. The van der Waals surface area contributed by atoms with Gasteiger partial charge in [0.25, 0.3) is 0 Å². The van der Waals surface area contributed by atoms with E-state index < -0.39 is 29.7 Å². The number of nitrogens with zero attached hydrogens (tertiary/aromatic N) is 1. The number of urea groups is 1. The van der Waals surface area contributed by atoms with Gasteiger partial charge in [-0.2, -0.15) is 0 Å². The summed E-state index contributed by atoms with van der Waals surface area (Å²) in [7, 11) is 0. The molecule has 3 rings (SSSR count). The van der Waals surface area contributed by atoms with Gasteiger partial charge in [0.2, 0.25) is 0 Å². The highest BCUT2D eigenvalue weighted by atomic mass is 35.5. The van der Waals surface area contributed by atoms with Crippen molar-refractivity contribution in [1.29, 1.82) is 0 Å². The summed E-state index contributed by atoms with van der Waals surface area (Å²) in [6.07, 6.45) is 0.443. The number of carbonyl (C=O) groups is 2. The summed E-state index contributed by atoms with van der Waals surface area (Å²) < 4.78 is 38.5. The largest absolute Gasteiger partial charge is 0.492 e. The molecule has 1 unspecified atom stereocenters. The van der Waals surface area contributed by atoms with Gasteiger partial charge in [0.15, 0.2) is 6.10 Å². The van der Waals surface area contributed by atoms with Crippen LogP contribution in [-0.4, -0.2) is 54.4 Å². The van der Waals surface area contributed by atoms with E-state index in [0.717, 1.165) is 23.3 Å². The Kier molecular flexibility index (Phi) is 12.0. The summed E-state index contributed by atoms with van der Waals surface area (Å²) in [5.74, 6) is -2.12. The van der Waals surface area contributed by atoms with Crippen LogP contribution in [0.4, 0.5) is 19.3 Å². The van der Waals surface area contributed by atoms with E-state index >= 15 is 0 Å². The number of carbonyl (C=O) groups excluding carboxylic acids is 1. The molecule has 3 aromatic carbocycles. The maximum absolute atomic E-state index is 14.1. The lowest BCUT2D eigenvalue weighted by atomic mass is 10.1. The third-order valence-electron chi connectivity index (χ3n) is 5.89. The first kappa shape index (κ1) is 31.1. The molecule has 0 aliphatic rings. The zero-order valence-electron chi connectivity index (χ0n) is 21.8. The lowest BCUT2D eigenvalue weighted by Crippen LogP contribution is -2.39. The minimum Gasteiger partial charge on any atom is -0.492 e. The molecule has 2 N–H and O–H groups in total. The molecule has 0 aliphatic carbocycles. The van der Waals surface area contributed by atoms with Crippen molar-refractivity contribution in [2.45, 2.75) is 32.3 Å². The van der Waals surface area contributed by atoms with Gasteiger partial charge in [-0.15, -0.1) is 0 Å². The molecule has 3 aromatic rings. The van der Waals surface area contributed by atoms with Crippen molar-refractivity contribution < 1.29 is 33.0 Å². The van der Waals surface area contributed by atoms with Crippen molar-refractivity contribution >= 4 is 40.9 Å². The molecule has 40 heavy (non-hydrogen) atoms. The maximum Gasteiger partial charge on any atom is 0.333 e. The Labute approximate surface area is 241 Å². The van der Waals surface area contributed by atoms with Gasteiger partial charge >= 0.3 is 12.0 Å². The number of nitrogens with one attached hydrogen (secondary N) is 1. The van der Waals surface area contributed by atoms with Crippen LogP contribution in [0.15, 0.2) is 60.7 Å². The van der Waals surface area contributed by atoms with E-state index in [1.807, 2.05) is 0 Å². The van der Waals surface area contributed by atoms with Crippen LogP contribution >= 0.6 is 23.2 Å². The average Bonchev–Trinajstić information content (AvgIpc) is 2.89. The Morgan fingerprint density at radius 3 is 2.30 bits per heavy atom. The van der Waals surface area contributed by atoms with Crippen LogP contribution < -0.4 is 10.1 Å². The topological polar surface area (TPSA) is 88.1 Å². The zero-order chi connectivity index (χ0) is 29.1. The van der Waals surface area contributed by atoms with E-state index in [4.69, 9.17) is 32.7 Å². The number of carboxylic acid groups (broad SMARTS) is 1. The number of aryl methyl sites for hydroxylation is 1. The van der Waals surface area contributed by atoms with Gasteiger partial charge in [-0.25, -0.2) is 18.4 Å². The molecule has 1 atom stereocenters. The lowest BCUT2D eigenvalue weighted by Gasteiger charge is -2.23. The summed E-state index contributed by atoms with van der Waals surface area (Å²) >= 11 is 12.2. The highest BCUT2D eigenvalue weighted by molar-refractivity contribution is 6.34. The second-order valence-electron chi connectivity index (χ2n) is 8.90. The van der Waals surface area contributed by atoms with Crippen molar-refractivity contribution in [1.82, 2.24) is 4.90 Å². The van der Waals surface area contributed by atoms with Gasteiger partial charge in [-0.05, 0) is 73.4 Å². The van der Waals surface area contributed by atoms with Crippen LogP contribution in [-0.2, 0) is 22.4 Å². The summed E-state index contributed by atoms with van der Waals surface area (Å²) in [5, 5.41) is 12.8. The molecule has 0 heterocycles. The van der Waals surface area contributed by atoms with Gasteiger partial charge in [-0.1, -0.05) is 35.3 Å². The van der Waals surface area contributed by atoms with Gasteiger partial charge in [-0.3, -0.25) is 0 Å². The van der Waals surface area contributed by atoms with Crippen LogP contribution in [0.25, 0.3) is 0 Å². The minimum atomic E-state index is -1.03. The van der Waals surface area contributed by atoms with E-state index in [9.17, 15) is 23.5 Å². The molecule has 7 nitrogen and oxygen atoms in total. The maximum atomic E-state index is 14.1. The van der Waals surface area contributed by atoms with Gasteiger partial charge in [0.05, 0.1) is 12.2 Å². The number of hydrogen-bond acceptors (Lipinski definition) is 4. The highest BCUT2D eigenvalue weighted by Crippen LogP contribution is 2.21. The summed E-state index contributed by atoms with van der Waals surface area (Å²) in [5.41, 5.74) is 1.55. The molecular weight excluding hydrogens is 565 g/mol. The summed E-state index contributed by atoms with van der Waals surface area (Å²) in [6.45, 7) is 2.66. The molecule has 11 heteroatoms. The number of anilines is 1. The number of halogens is 4. The second-order valence-corrected chi connectivity index (χ2v) is 9.77. The minimum absolute atomic E-state index is 0.137. The van der Waals surface area contributed by atoms with Gasteiger partial charge < -0.3 is 24.8 Å². The standard InChI is InChI=1S/C29H30Cl2F2N2O5/c1-2-39-27(28(36)37)16-19-5-8-24(9-6-19)40-13-12-35(11-3-4-20-14-21(30)17-22(31)15-20)29(38)34-26-10-7-23(32)18-25(26)33/h5-10,14-15,17-18,27H,2-4,11-13,16H2,1H3,(H,34,38)(H,36,37). The van der Waals surface area contributed by atoms with Crippen molar-refractivity contribution in [2.24, 2.45) is 0 Å². The SMILES string of the molecule is CCOC(Cc1ccc(OCCN(CCCc2cc(Cl)cc(Cl)c2)C(=O)Nc2ccc(F)cc2F)cc1)C(=O)O. The number of carboxylic acids is 1. The third-order valence-corrected chi connectivity index (χ3v) is 6.33. The number of rotatable bonds is 14. The van der Waals surface area contributed by atoms with Crippen molar-refractivity contribution in [3.8, 4) is 5.75 Å². The fraction of sp³-hybridized carbons (Fsp3) is 0.310. The Hall–Kier alpha value is -3.40. The number of aliphatic carboxylic acids is 1. The van der Waals surface area contributed by atoms with Crippen molar-refractivity contribution in [3.63, 3.8) is 0 Å². The monoisotopic (exact) mass is 594 g/mol. The smallest absolute Gasteiger partial charge is 0.333 e. The zero-order valence-corrected chi connectivity index (χ0v) is 23.4. The van der Waals surface area contributed by atoms with E-state index in [1.165, 1.54) is 4.90 Å². The van der Waals surface area contributed by atoms with Gasteiger partial charge in [0, 0.05) is 35.7 Å². The van der Waals surface area contributed by atoms with E-state index in [0.29, 0.717) is 47.9 Å². The Morgan fingerprint density at radius 2 is 1.68 bits per heavy atom. The van der Waals surface area contributed by atoms with Crippen LogP contribution in [0.1, 0.15) is 24.5 Å². The Bertz CT molecular complexity index is 1270. The second kappa shape index (κ2) is 15.4. The first-order valence-corrected chi connectivity index (χ1v) is 13.4. The fourth-order valence-electron chi connectivity index (χ4n) is 3.96. The van der Waals surface area contributed by atoms with Crippen LogP contribution in [0, 0.1) is 11.6 Å². The molecule has 2 amide bonds. The molecule has 0 saturated heterocycles. The summed E-state index contributed by atoms with van der Waals surface area (Å²) in [6, 6.07) is 14.5. The first-order chi connectivity index (χ1) is 19.1. The summed E-state index contributed by atoms with van der Waals surface area (Å²) in [4.78, 5) is 25.8. The normalized spacial score (nSPS) is 11.6. The van der Waals surface area contributed by atoms with E-state index in [1.54, 1.807) is 49.4 Å². The quantitative estimate of drug-likeness (QED) is 0.213. The fourth-order valence-corrected chi connectivity index (χ4v) is 4.53. The molecule has 0 aromatic heterocycles. The average molecular weight is 595 g/mol. The van der Waals surface area contributed by atoms with E-state index in [-0.39, 0.29) is 25.3 Å². The first-order valence-electron chi connectivity index (χ1n) is 12.7. The number of benzene rings is 3. The molecule has 0 fully saturated rings. The predicted octanol–water partition coefficient (Wildman–Crippen LogP) is 6.85. The molecule has 0 spiro atoms. The van der Waals surface area contributed by atoms with Crippen molar-refractivity contribution in [3.05, 3.63) is 93.5 Å². The number of ether oxygens (including phenoxy) is 2. The third kappa shape index (κ3) is 9.97. The Morgan fingerprint density at radius 1 is 0.975 bits per heavy atom. The lowest BCUT2D eigenvalue weighted by molar-refractivity contribution is -0.149. The molecule has 0 radical (unpaired) electrons. The van der Waals surface area contributed by atoms with Crippen molar-refractivity contribution in [2.75, 3.05) is 31.6 Å². The van der Waals surface area contributed by atoms with Crippen LogP contribution in [0.5, 0.6) is 5.75 Å². The predicted molar refractivity (Wildman–Crippen MR) is 150 cm³/mol. The molecule has 0 aliphatic heterocycles. The van der Waals surface area contributed by atoms with Crippen LogP contribution in [0.2, 0.25) is 10.0 Å². The molecule has 214 valence electrons. The van der Waals surface area contributed by atoms with Crippen LogP contribution in [0.3, 0.4) is 0 Å². The van der Waals surface area contributed by atoms with Gasteiger partial charge in [0.1, 0.15) is 24.0 Å². The Balaban J connectivity index is 1.61. The molecule has 0 bridgehead atoms. The number of amides is 2.